The Bertz CT molecular complexity index is 272. The van der Waals surface area contributed by atoms with Crippen molar-refractivity contribution in [2.75, 3.05) is 26.2 Å². The van der Waals surface area contributed by atoms with Crippen molar-refractivity contribution in [1.29, 1.82) is 0 Å². The molecule has 0 atom stereocenters. The van der Waals surface area contributed by atoms with E-state index in [1.807, 2.05) is 0 Å². The van der Waals surface area contributed by atoms with Crippen LogP contribution >= 0.6 is 0 Å². The predicted molar refractivity (Wildman–Crippen MR) is 53.7 cm³/mol. The summed E-state index contributed by atoms with van der Waals surface area (Å²) in [6, 6.07) is 0. The second-order valence-electron chi connectivity index (χ2n) is 4.09. The van der Waals surface area contributed by atoms with Gasteiger partial charge in [-0.05, 0) is 19.8 Å². The molecule has 0 bridgehead atoms. The summed E-state index contributed by atoms with van der Waals surface area (Å²) in [5, 5.41) is 8.56. The van der Waals surface area contributed by atoms with Crippen LogP contribution in [0.3, 0.4) is 0 Å². The van der Waals surface area contributed by atoms with Crippen molar-refractivity contribution < 1.29 is 27.8 Å². The smallest absolute Gasteiger partial charge is 0.417 e. The van der Waals surface area contributed by atoms with Gasteiger partial charge < -0.3 is 9.84 Å². The fourth-order valence-electron chi connectivity index (χ4n) is 2.05. The van der Waals surface area contributed by atoms with Gasteiger partial charge in [-0.2, -0.15) is 13.2 Å². The summed E-state index contributed by atoms with van der Waals surface area (Å²) >= 11 is 0. The van der Waals surface area contributed by atoms with E-state index in [-0.39, 0.29) is 39.1 Å². The number of alkyl halides is 3. The van der Waals surface area contributed by atoms with Gasteiger partial charge in [-0.3, -0.25) is 9.69 Å². The number of ether oxygens (including phenoxy) is 1. The summed E-state index contributed by atoms with van der Waals surface area (Å²) in [5.74, 6) is -1.03. The van der Waals surface area contributed by atoms with E-state index in [0.29, 0.717) is 0 Å². The van der Waals surface area contributed by atoms with Crippen molar-refractivity contribution in [2.24, 2.45) is 0 Å². The number of carboxylic acids is 1. The minimum atomic E-state index is -4.40. The topological polar surface area (TPSA) is 49.8 Å². The van der Waals surface area contributed by atoms with E-state index in [0.717, 1.165) is 0 Å². The van der Waals surface area contributed by atoms with Gasteiger partial charge in [-0.25, -0.2) is 0 Å². The van der Waals surface area contributed by atoms with Gasteiger partial charge >= 0.3 is 12.1 Å². The number of aliphatic carboxylic acids is 1. The maximum absolute atomic E-state index is 12.9. The molecule has 4 nitrogen and oxygen atoms in total. The molecular weight excluding hydrogens is 239 g/mol. The third-order valence-corrected chi connectivity index (χ3v) is 2.96. The van der Waals surface area contributed by atoms with E-state index in [9.17, 15) is 18.0 Å². The minimum absolute atomic E-state index is 0.00155. The minimum Gasteiger partial charge on any atom is -0.480 e. The first-order valence-corrected chi connectivity index (χ1v) is 5.45. The lowest BCUT2D eigenvalue weighted by molar-refractivity contribution is -0.289. The highest BCUT2D eigenvalue weighted by atomic mass is 19.4. The van der Waals surface area contributed by atoms with Crippen LogP contribution < -0.4 is 0 Å². The summed E-state index contributed by atoms with van der Waals surface area (Å²) in [4.78, 5) is 11.9. The Labute approximate surface area is 97.3 Å². The van der Waals surface area contributed by atoms with Gasteiger partial charge in [0, 0.05) is 19.7 Å². The van der Waals surface area contributed by atoms with Crippen LogP contribution in [-0.2, 0) is 9.53 Å². The Morgan fingerprint density at radius 1 is 1.41 bits per heavy atom. The second kappa shape index (κ2) is 5.22. The van der Waals surface area contributed by atoms with Crippen molar-refractivity contribution in [3.05, 3.63) is 0 Å². The summed E-state index contributed by atoms with van der Waals surface area (Å²) in [6.45, 7) is 1.48. The Hall–Kier alpha value is -0.820. The molecule has 0 aromatic carbocycles. The van der Waals surface area contributed by atoms with Crippen molar-refractivity contribution >= 4 is 5.97 Å². The number of carboxylic acid groups (broad SMARTS) is 1. The van der Waals surface area contributed by atoms with E-state index < -0.39 is 17.7 Å². The Kier molecular flexibility index (Phi) is 4.37. The quantitative estimate of drug-likeness (QED) is 0.827. The van der Waals surface area contributed by atoms with Crippen LogP contribution in [0.15, 0.2) is 0 Å². The second-order valence-corrected chi connectivity index (χ2v) is 4.09. The Morgan fingerprint density at radius 3 is 2.29 bits per heavy atom. The van der Waals surface area contributed by atoms with Crippen LogP contribution in [0.4, 0.5) is 13.2 Å². The fourth-order valence-corrected chi connectivity index (χ4v) is 2.05. The fraction of sp³-hybridized carbons (Fsp3) is 0.900. The van der Waals surface area contributed by atoms with E-state index >= 15 is 0 Å². The van der Waals surface area contributed by atoms with Crippen LogP contribution in [0.1, 0.15) is 19.8 Å². The van der Waals surface area contributed by atoms with Gasteiger partial charge in [0.1, 0.15) is 0 Å². The molecule has 0 aromatic heterocycles. The maximum atomic E-state index is 12.9. The molecule has 0 amide bonds. The number of nitrogens with zero attached hydrogens (tertiary/aromatic N) is 1. The highest BCUT2D eigenvalue weighted by molar-refractivity contribution is 5.69. The van der Waals surface area contributed by atoms with Crippen molar-refractivity contribution in [3.8, 4) is 0 Å². The van der Waals surface area contributed by atoms with Crippen LogP contribution in [0, 0.1) is 0 Å². The van der Waals surface area contributed by atoms with Gasteiger partial charge in [0.15, 0.2) is 5.60 Å². The first-order chi connectivity index (χ1) is 7.81. The first kappa shape index (κ1) is 14.2. The molecule has 0 aliphatic carbocycles. The van der Waals surface area contributed by atoms with Crippen LogP contribution in [0.2, 0.25) is 0 Å². The van der Waals surface area contributed by atoms with Crippen molar-refractivity contribution in [1.82, 2.24) is 4.90 Å². The van der Waals surface area contributed by atoms with Gasteiger partial charge in [-0.1, -0.05) is 0 Å². The lowest BCUT2D eigenvalue weighted by atomic mass is 9.90. The summed E-state index contributed by atoms with van der Waals surface area (Å²) in [7, 11) is 0. The van der Waals surface area contributed by atoms with E-state index in [1.165, 1.54) is 11.8 Å². The Balaban J connectivity index is 2.64. The van der Waals surface area contributed by atoms with Crippen LogP contribution in [-0.4, -0.2) is 54.0 Å². The number of hydrogen-bond acceptors (Lipinski definition) is 3. The van der Waals surface area contributed by atoms with Crippen molar-refractivity contribution in [2.45, 2.75) is 31.5 Å². The van der Waals surface area contributed by atoms with Crippen LogP contribution in [0.25, 0.3) is 0 Å². The number of carbonyl (C=O) groups is 1. The normalized spacial score (nSPS) is 21.4. The van der Waals surface area contributed by atoms with Crippen molar-refractivity contribution in [3.63, 3.8) is 0 Å². The third-order valence-electron chi connectivity index (χ3n) is 2.96. The van der Waals surface area contributed by atoms with E-state index in [1.54, 1.807) is 0 Å². The SMILES string of the molecule is CCOC1(C(F)(F)F)CCN(CC(=O)O)CC1. The van der Waals surface area contributed by atoms with Gasteiger partial charge in [-0.15, -0.1) is 0 Å². The predicted octanol–water partition coefficient (Wildman–Crippen LogP) is 1.50. The highest BCUT2D eigenvalue weighted by Crippen LogP contribution is 2.41. The zero-order valence-corrected chi connectivity index (χ0v) is 9.59. The molecule has 1 fully saturated rings. The molecule has 0 unspecified atom stereocenters. The first-order valence-electron chi connectivity index (χ1n) is 5.45. The number of piperidine rings is 1. The molecule has 0 spiro atoms. The third kappa shape index (κ3) is 3.32. The standard InChI is InChI=1S/C10H16F3NO3/c1-2-17-9(10(11,12)13)3-5-14(6-4-9)7-8(15)16/h2-7H2,1H3,(H,15,16). The summed E-state index contributed by atoms with van der Waals surface area (Å²) in [6.07, 6.45) is -4.83. The van der Waals surface area contributed by atoms with Gasteiger partial charge in [0.25, 0.3) is 0 Å². The molecule has 1 aliphatic heterocycles. The monoisotopic (exact) mass is 255 g/mol. The van der Waals surface area contributed by atoms with E-state index in [2.05, 4.69) is 0 Å². The maximum Gasteiger partial charge on any atom is 0.417 e. The number of likely N-dealkylation sites (tertiary alicyclic amines) is 1. The number of rotatable bonds is 4. The molecule has 1 N–H and O–H groups in total. The molecule has 7 heteroatoms. The molecule has 1 rings (SSSR count). The molecule has 0 radical (unpaired) electrons. The molecular formula is C10H16F3NO3. The Morgan fingerprint density at radius 2 is 1.94 bits per heavy atom. The number of hydrogen-bond donors (Lipinski definition) is 1. The zero-order valence-electron chi connectivity index (χ0n) is 9.59. The lowest BCUT2D eigenvalue weighted by Crippen LogP contribution is -2.55. The molecule has 17 heavy (non-hydrogen) atoms. The average Bonchev–Trinajstić information content (AvgIpc) is 2.19. The molecule has 1 saturated heterocycles. The summed E-state index contributed by atoms with van der Waals surface area (Å²) < 4.78 is 43.6. The molecule has 1 heterocycles. The number of halogens is 3. The molecule has 0 saturated carbocycles. The molecule has 100 valence electrons. The average molecular weight is 255 g/mol. The highest BCUT2D eigenvalue weighted by Gasteiger charge is 2.56. The van der Waals surface area contributed by atoms with Gasteiger partial charge in [0.05, 0.1) is 6.54 Å². The zero-order chi connectivity index (χ0) is 13.1. The van der Waals surface area contributed by atoms with Gasteiger partial charge in [0.2, 0.25) is 0 Å². The molecule has 0 aromatic rings. The van der Waals surface area contributed by atoms with Crippen LogP contribution in [0.5, 0.6) is 0 Å². The molecule has 1 aliphatic rings. The lowest BCUT2D eigenvalue weighted by Gasteiger charge is -2.41. The largest absolute Gasteiger partial charge is 0.480 e. The van der Waals surface area contributed by atoms with E-state index in [4.69, 9.17) is 9.84 Å². The summed E-state index contributed by atoms with van der Waals surface area (Å²) in [5.41, 5.74) is -2.10.